The quantitative estimate of drug-likeness (QED) is 0.0276. The van der Waals surface area contributed by atoms with E-state index >= 15 is 0 Å². The SMILES string of the molecule is C=CC1=C(C(=O)OC(c2ccccc2)c2ccccc2)N2C(=O)C(NC(=O)C(=NOCc3ccc[n+](C)c3)c3csc(NC=O)n3)[C@H]2SC1.COS(=O)(=O)[O-]. The first-order chi connectivity index (χ1) is 26.4. The Hall–Kier alpha value is -5.73. The summed E-state index contributed by atoms with van der Waals surface area (Å²) in [5.41, 5.74) is 2.95. The lowest BCUT2D eigenvalue weighted by Crippen LogP contribution is -2.71. The van der Waals surface area contributed by atoms with Crippen molar-refractivity contribution in [1.82, 2.24) is 15.2 Å². The summed E-state index contributed by atoms with van der Waals surface area (Å²) in [7, 11) is -1.74. The molecule has 3 amide bonds. The minimum atomic E-state index is -4.41. The Balaban J connectivity index is 0.000000895. The zero-order chi connectivity index (χ0) is 39.5. The van der Waals surface area contributed by atoms with Gasteiger partial charge in [0.05, 0.1) is 12.7 Å². The lowest BCUT2D eigenvalue weighted by molar-refractivity contribution is -0.672. The number of aryl methyl sites for hydroxylation is 1. The molecule has 2 aliphatic rings. The maximum absolute atomic E-state index is 13.9. The third kappa shape index (κ3) is 10.3. The summed E-state index contributed by atoms with van der Waals surface area (Å²) in [6.07, 6.45) is 5.02. The summed E-state index contributed by atoms with van der Waals surface area (Å²) in [6.45, 7) is 3.93. The third-order valence-corrected chi connectivity index (χ3v) is 10.4. The molecule has 2 atom stereocenters. The topological polar surface area (TPSA) is 210 Å². The van der Waals surface area contributed by atoms with E-state index in [4.69, 9.17) is 9.57 Å². The van der Waals surface area contributed by atoms with Gasteiger partial charge < -0.3 is 24.8 Å². The number of ether oxygens (including phenoxy) is 1. The summed E-state index contributed by atoms with van der Waals surface area (Å²) in [4.78, 5) is 63.4. The van der Waals surface area contributed by atoms with Crippen molar-refractivity contribution >= 4 is 68.5 Å². The Morgan fingerprint density at radius 1 is 1.13 bits per heavy atom. The number of rotatable bonds is 14. The number of hydrogen-bond acceptors (Lipinski definition) is 14. The summed E-state index contributed by atoms with van der Waals surface area (Å²) in [5.74, 6) is -1.53. The van der Waals surface area contributed by atoms with Gasteiger partial charge in [-0.05, 0) is 22.8 Å². The van der Waals surface area contributed by atoms with Gasteiger partial charge in [0, 0.05) is 17.2 Å². The molecule has 0 saturated carbocycles. The maximum atomic E-state index is 13.9. The van der Waals surface area contributed by atoms with Crippen molar-refractivity contribution in [2.24, 2.45) is 12.2 Å². The Kier molecular flexibility index (Phi) is 13.6. The normalized spacial score (nSPS) is 16.5. The van der Waals surface area contributed by atoms with Crippen LogP contribution in [0.1, 0.15) is 28.5 Å². The molecule has 2 N–H and O–H groups in total. The van der Waals surface area contributed by atoms with Crippen molar-refractivity contribution in [2.75, 3.05) is 18.2 Å². The Bertz CT molecular complexity index is 2180. The fourth-order valence-electron chi connectivity index (χ4n) is 5.36. The van der Waals surface area contributed by atoms with Crippen LogP contribution in [-0.2, 0) is 57.0 Å². The molecule has 1 unspecified atom stereocenters. The molecular formula is C36H34N6O10S3. The highest BCUT2D eigenvalue weighted by molar-refractivity contribution is 8.00. The fourth-order valence-corrected chi connectivity index (χ4v) is 7.35. The number of carbonyl (C=O) groups is 4. The zero-order valence-corrected chi connectivity index (χ0v) is 31.7. The number of anilines is 1. The number of thiazole rings is 1. The number of fused-ring (bicyclic) bond motifs is 1. The number of esters is 1. The Labute approximate surface area is 324 Å². The molecule has 16 nitrogen and oxygen atoms in total. The minimum Gasteiger partial charge on any atom is -0.726 e. The lowest BCUT2D eigenvalue weighted by atomic mass is 10.0. The summed E-state index contributed by atoms with van der Waals surface area (Å²) in [6, 6.07) is 21.4. The van der Waals surface area contributed by atoms with E-state index in [1.807, 2.05) is 96.8 Å². The highest BCUT2D eigenvalue weighted by Gasteiger charge is 2.54. The van der Waals surface area contributed by atoms with Gasteiger partial charge in [0.25, 0.3) is 11.8 Å². The molecule has 55 heavy (non-hydrogen) atoms. The lowest BCUT2D eigenvalue weighted by Gasteiger charge is -2.49. The van der Waals surface area contributed by atoms with Crippen molar-refractivity contribution in [1.29, 1.82) is 0 Å². The number of allylic oxidation sites excluding steroid dienone is 1. The average Bonchev–Trinajstić information content (AvgIpc) is 3.65. The molecular weight excluding hydrogens is 773 g/mol. The van der Waals surface area contributed by atoms with Gasteiger partial charge in [-0.25, -0.2) is 22.8 Å². The molecule has 0 radical (unpaired) electrons. The maximum Gasteiger partial charge on any atom is 0.356 e. The number of hydrogen-bond donors (Lipinski definition) is 2. The second kappa shape index (κ2) is 18.5. The first-order valence-corrected chi connectivity index (χ1v) is 19.4. The zero-order valence-electron chi connectivity index (χ0n) is 29.3. The van der Waals surface area contributed by atoms with Crippen molar-refractivity contribution in [3.63, 3.8) is 0 Å². The number of nitrogens with one attached hydrogen (secondary N) is 2. The molecule has 19 heteroatoms. The number of amides is 3. The first-order valence-electron chi connectivity index (χ1n) is 16.2. The molecule has 6 rings (SSSR count). The number of β-lactam (4-membered cyclic amide) rings is 1. The molecule has 0 aliphatic carbocycles. The van der Waals surface area contributed by atoms with Crippen LogP contribution in [-0.4, -0.2) is 77.0 Å². The Morgan fingerprint density at radius 2 is 1.78 bits per heavy atom. The van der Waals surface area contributed by atoms with Crippen molar-refractivity contribution in [3.05, 3.63) is 137 Å². The molecule has 286 valence electrons. The van der Waals surface area contributed by atoms with Crippen LogP contribution < -0.4 is 15.2 Å². The highest BCUT2D eigenvalue weighted by Crippen LogP contribution is 2.42. The van der Waals surface area contributed by atoms with Crippen LogP contribution in [0.2, 0.25) is 0 Å². The van der Waals surface area contributed by atoms with Crippen LogP contribution in [0.3, 0.4) is 0 Å². The highest BCUT2D eigenvalue weighted by atomic mass is 32.3. The van der Waals surface area contributed by atoms with Crippen LogP contribution >= 0.6 is 23.1 Å². The molecule has 2 aliphatic heterocycles. The van der Waals surface area contributed by atoms with E-state index in [0.717, 1.165) is 35.1 Å². The minimum absolute atomic E-state index is 0.0667. The van der Waals surface area contributed by atoms with Gasteiger partial charge in [0.2, 0.25) is 16.8 Å². The van der Waals surface area contributed by atoms with E-state index in [1.54, 1.807) is 11.5 Å². The summed E-state index contributed by atoms with van der Waals surface area (Å²) < 4.78 is 39.0. The van der Waals surface area contributed by atoms with Crippen LogP contribution in [0, 0.1) is 0 Å². The molecule has 2 aromatic carbocycles. The number of nitrogens with zero attached hydrogens (tertiary/aromatic N) is 4. The number of thioether (sulfide) groups is 1. The Morgan fingerprint density at radius 3 is 2.36 bits per heavy atom. The second-order valence-electron chi connectivity index (χ2n) is 11.5. The molecule has 1 saturated heterocycles. The van der Waals surface area contributed by atoms with Crippen molar-refractivity contribution in [3.8, 4) is 0 Å². The molecule has 4 aromatic rings. The van der Waals surface area contributed by atoms with E-state index < -0.39 is 45.7 Å². The number of benzene rings is 2. The van der Waals surface area contributed by atoms with E-state index in [1.165, 1.54) is 16.7 Å². The molecule has 4 heterocycles. The van der Waals surface area contributed by atoms with Crippen molar-refractivity contribution in [2.45, 2.75) is 24.1 Å². The van der Waals surface area contributed by atoms with Gasteiger partial charge in [-0.1, -0.05) is 78.5 Å². The standard InChI is InChI=1S/C35H30N6O6S2.CH4O4S/c1-3-23-19-48-33-28(32(44)41(33)29(23)34(45)47-30(24-12-6-4-7-13-24)25-14-8-5-9-15-25)38-31(43)27(26-20-49-35(37-26)36-21-42)39-46-18-22-11-10-16-40(2)17-22;1-5-6(2,3)4/h3-17,20-21,28,30,33H,1,18-19H2,2H3,(H-,36,37,38,42,43);1H3,(H,2,3,4)/t28?,33-;/m1./s1. The summed E-state index contributed by atoms with van der Waals surface area (Å²) in [5, 5.41) is 10.5. The number of oxime groups is 1. The average molecular weight is 807 g/mol. The summed E-state index contributed by atoms with van der Waals surface area (Å²) >= 11 is 2.48. The van der Waals surface area contributed by atoms with E-state index in [2.05, 4.69) is 31.5 Å². The van der Waals surface area contributed by atoms with Crippen molar-refractivity contribution < 1.29 is 50.5 Å². The first kappa shape index (κ1) is 40.5. The van der Waals surface area contributed by atoms with Gasteiger partial charge in [-0.15, -0.1) is 23.1 Å². The van der Waals surface area contributed by atoms with E-state index in [0.29, 0.717) is 17.7 Å². The predicted octanol–water partition coefficient (Wildman–Crippen LogP) is 2.72. The second-order valence-corrected chi connectivity index (χ2v) is 14.6. The van der Waals surface area contributed by atoms with Crippen LogP contribution in [0.4, 0.5) is 5.13 Å². The monoisotopic (exact) mass is 806 g/mol. The molecule has 2 aromatic heterocycles. The van der Waals surface area contributed by atoms with E-state index in [-0.39, 0.29) is 28.8 Å². The van der Waals surface area contributed by atoms with Crippen LogP contribution in [0.25, 0.3) is 0 Å². The van der Waals surface area contributed by atoms with Gasteiger partial charge in [-0.2, -0.15) is 0 Å². The smallest absolute Gasteiger partial charge is 0.356 e. The molecule has 1 fully saturated rings. The largest absolute Gasteiger partial charge is 0.726 e. The van der Waals surface area contributed by atoms with Gasteiger partial charge in [0.1, 0.15) is 36.5 Å². The number of carbonyl (C=O) groups excluding carboxylic acids is 4. The van der Waals surface area contributed by atoms with Crippen LogP contribution in [0.15, 0.2) is 120 Å². The molecule has 0 bridgehead atoms. The third-order valence-electron chi connectivity index (χ3n) is 7.89. The fraction of sp³-hybridized carbons (Fsp3) is 0.194. The number of pyridine rings is 1. The van der Waals surface area contributed by atoms with Gasteiger partial charge >= 0.3 is 5.97 Å². The van der Waals surface area contributed by atoms with Gasteiger partial charge in [0.15, 0.2) is 29.3 Å². The number of aromatic nitrogens is 2. The predicted molar refractivity (Wildman–Crippen MR) is 201 cm³/mol. The van der Waals surface area contributed by atoms with E-state index in [9.17, 15) is 32.1 Å². The molecule has 0 spiro atoms. The van der Waals surface area contributed by atoms with Crippen LogP contribution in [0.5, 0.6) is 0 Å². The van der Waals surface area contributed by atoms with Gasteiger partial charge in [-0.3, -0.25) is 23.5 Å².